The Morgan fingerprint density at radius 3 is 1.93 bits per heavy atom. The molecule has 1 amide bonds. The molecule has 0 spiro atoms. The lowest BCUT2D eigenvalue weighted by Crippen LogP contribution is -2.30. The maximum absolute atomic E-state index is 13.5. The third kappa shape index (κ3) is 11.3. The van der Waals surface area contributed by atoms with Crippen LogP contribution in [-0.4, -0.2) is 23.9 Å². The zero-order chi connectivity index (χ0) is 32.2. The van der Waals surface area contributed by atoms with Gasteiger partial charge in [-0.25, -0.2) is 18.1 Å². The summed E-state index contributed by atoms with van der Waals surface area (Å²) in [5.41, 5.74) is 0.286. The molecular formula is C33H43ClF3N3O3S. The molecule has 0 aliphatic heterocycles. The molecule has 242 valence electrons. The summed E-state index contributed by atoms with van der Waals surface area (Å²) in [7, 11) is -4.14. The average molecular weight is 654 g/mol. The Bertz CT molecular complexity index is 1430. The molecule has 0 radical (unpaired) electrons. The third-order valence-corrected chi connectivity index (χ3v) is 9.08. The molecule has 11 heteroatoms. The zero-order valence-corrected chi connectivity index (χ0v) is 27.1. The number of hydrogen-bond donors (Lipinski definition) is 1. The van der Waals surface area contributed by atoms with Gasteiger partial charge in [0, 0.05) is 28.9 Å². The number of unbranched alkanes of at least 4 members (excludes halogenated alkanes) is 12. The molecule has 0 atom stereocenters. The molecule has 44 heavy (non-hydrogen) atoms. The second kappa shape index (κ2) is 17.0. The number of halogens is 4. The zero-order valence-electron chi connectivity index (χ0n) is 25.6. The van der Waals surface area contributed by atoms with Crippen molar-refractivity contribution >= 4 is 27.5 Å². The van der Waals surface area contributed by atoms with Crippen molar-refractivity contribution in [3.05, 3.63) is 64.9 Å². The van der Waals surface area contributed by atoms with Crippen molar-refractivity contribution in [3.63, 3.8) is 0 Å². The van der Waals surface area contributed by atoms with Gasteiger partial charge in [0.25, 0.3) is 10.0 Å². The number of carbonyl (C=O) groups excluding carboxylic acids is 1. The summed E-state index contributed by atoms with van der Waals surface area (Å²) < 4.78 is 69.6. The Morgan fingerprint density at radius 1 is 0.864 bits per heavy atom. The van der Waals surface area contributed by atoms with Crippen molar-refractivity contribution in [1.82, 2.24) is 14.3 Å². The van der Waals surface area contributed by atoms with Crippen molar-refractivity contribution in [1.29, 1.82) is 0 Å². The molecule has 0 aliphatic carbocycles. The second-order valence-corrected chi connectivity index (χ2v) is 13.5. The van der Waals surface area contributed by atoms with Crippen molar-refractivity contribution in [2.24, 2.45) is 0 Å². The monoisotopic (exact) mass is 653 g/mol. The first-order chi connectivity index (χ1) is 20.9. The summed E-state index contributed by atoms with van der Waals surface area (Å²) in [4.78, 5) is 16.0. The van der Waals surface area contributed by atoms with Crippen molar-refractivity contribution in [2.75, 3.05) is 0 Å². The number of imidazole rings is 1. The Hall–Kier alpha value is -2.85. The highest BCUT2D eigenvalue weighted by Gasteiger charge is 2.35. The number of rotatable bonds is 18. The Kier molecular flexibility index (Phi) is 13.8. The molecule has 3 rings (SSSR count). The molecule has 0 saturated carbocycles. The van der Waals surface area contributed by atoms with Gasteiger partial charge in [-0.3, -0.25) is 9.36 Å². The normalized spacial score (nSPS) is 12.0. The van der Waals surface area contributed by atoms with E-state index in [0.717, 1.165) is 31.0 Å². The molecule has 0 aliphatic rings. The lowest BCUT2D eigenvalue weighted by atomic mass is 10.0. The first-order valence-corrected chi connectivity index (χ1v) is 17.4. The van der Waals surface area contributed by atoms with Crippen LogP contribution in [0.1, 0.15) is 108 Å². The Labute approximate surface area is 264 Å². The number of hydrogen-bond acceptors (Lipinski definition) is 4. The van der Waals surface area contributed by atoms with Gasteiger partial charge in [0.2, 0.25) is 5.91 Å². The van der Waals surface area contributed by atoms with E-state index in [4.69, 9.17) is 11.6 Å². The first-order valence-electron chi connectivity index (χ1n) is 15.5. The van der Waals surface area contributed by atoms with E-state index in [2.05, 4.69) is 16.6 Å². The van der Waals surface area contributed by atoms with E-state index in [9.17, 15) is 26.4 Å². The fourth-order valence-electron chi connectivity index (χ4n) is 5.13. The van der Waals surface area contributed by atoms with Crippen LogP contribution in [0.2, 0.25) is 5.02 Å². The number of benzene rings is 2. The SMILES string of the molecule is CCCCCCCCCCCCCCCC(=O)NS(=O)(=O)c1ccc(-n2cc(C(F)(F)F)nc2-c2cc(C)cc(Cl)c2)cc1. The standard InChI is InChI=1S/C33H43ClF3N3O3S/c1-3-4-5-6-7-8-9-10-11-12-13-14-15-16-31(41)39-44(42,43)29-19-17-28(18-20-29)40-24-30(33(35,36)37)38-32(40)26-21-25(2)22-27(34)23-26/h17-24H,3-16H2,1-2H3,(H,39,41). The van der Waals surface area contributed by atoms with Gasteiger partial charge < -0.3 is 0 Å². The van der Waals surface area contributed by atoms with Crippen LogP contribution < -0.4 is 4.72 Å². The molecular weight excluding hydrogens is 611 g/mol. The fourth-order valence-corrected chi connectivity index (χ4v) is 6.44. The number of alkyl halides is 3. The molecule has 3 aromatic rings. The van der Waals surface area contributed by atoms with E-state index in [1.807, 2.05) is 0 Å². The lowest BCUT2D eigenvalue weighted by molar-refractivity contribution is -0.140. The van der Waals surface area contributed by atoms with Crippen molar-refractivity contribution in [3.8, 4) is 17.1 Å². The Morgan fingerprint density at radius 2 is 1.41 bits per heavy atom. The maximum Gasteiger partial charge on any atom is 0.434 e. The highest BCUT2D eigenvalue weighted by Crippen LogP contribution is 2.34. The largest absolute Gasteiger partial charge is 0.434 e. The van der Waals surface area contributed by atoms with E-state index in [1.54, 1.807) is 19.1 Å². The van der Waals surface area contributed by atoms with E-state index in [0.29, 0.717) is 17.0 Å². The minimum Gasteiger partial charge on any atom is -0.299 e. The van der Waals surface area contributed by atoms with E-state index in [-0.39, 0.29) is 22.8 Å². The summed E-state index contributed by atoms with van der Waals surface area (Å²) in [5.74, 6) is -0.579. The predicted octanol–water partition coefficient (Wildman–Crippen LogP) is 9.81. The number of nitrogens with zero attached hydrogens (tertiary/aromatic N) is 2. The van der Waals surface area contributed by atoms with Crippen LogP contribution >= 0.6 is 11.6 Å². The van der Waals surface area contributed by atoms with E-state index >= 15 is 0 Å². The van der Waals surface area contributed by atoms with E-state index in [1.165, 1.54) is 92.7 Å². The summed E-state index contributed by atoms with van der Waals surface area (Å²) in [5, 5.41) is 0.346. The van der Waals surface area contributed by atoms with Crippen LogP contribution in [0.25, 0.3) is 17.1 Å². The van der Waals surface area contributed by atoms with Gasteiger partial charge >= 0.3 is 6.18 Å². The molecule has 2 aromatic carbocycles. The third-order valence-electron chi connectivity index (χ3n) is 7.48. The van der Waals surface area contributed by atoms with Gasteiger partial charge in [0.15, 0.2) is 5.69 Å². The number of amides is 1. The molecule has 0 unspecified atom stereocenters. The molecule has 0 fully saturated rings. The topological polar surface area (TPSA) is 81.1 Å². The fraction of sp³-hybridized carbons (Fsp3) is 0.515. The summed E-state index contributed by atoms with van der Waals surface area (Å²) in [6.45, 7) is 3.99. The van der Waals surface area contributed by atoms with Gasteiger partial charge in [0.05, 0.1) is 4.90 Å². The summed E-state index contributed by atoms with van der Waals surface area (Å²) >= 11 is 6.14. The maximum atomic E-state index is 13.5. The number of carbonyl (C=O) groups is 1. The molecule has 0 saturated heterocycles. The number of aryl methyl sites for hydroxylation is 1. The van der Waals surface area contributed by atoms with Gasteiger partial charge in [-0.15, -0.1) is 0 Å². The molecule has 0 bridgehead atoms. The highest BCUT2D eigenvalue weighted by atomic mass is 35.5. The van der Waals surface area contributed by atoms with Gasteiger partial charge in [-0.1, -0.05) is 95.6 Å². The number of aromatic nitrogens is 2. The number of nitrogens with one attached hydrogen (secondary N) is 1. The minimum atomic E-state index is -4.69. The second-order valence-electron chi connectivity index (χ2n) is 11.3. The van der Waals surface area contributed by atoms with Crippen LogP contribution in [0.5, 0.6) is 0 Å². The van der Waals surface area contributed by atoms with Crippen LogP contribution in [0.15, 0.2) is 53.6 Å². The van der Waals surface area contributed by atoms with E-state index < -0.39 is 27.8 Å². The van der Waals surface area contributed by atoms with Crippen LogP contribution in [0.4, 0.5) is 13.2 Å². The quantitative estimate of drug-likeness (QED) is 0.139. The van der Waals surface area contributed by atoms with Gasteiger partial charge in [-0.05, 0) is 61.4 Å². The molecule has 1 N–H and O–H groups in total. The Balaban J connectivity index is 1.51. The van der Waals surface area contributed by atoms with Gasteiger partial charge in [0.1, 0.15) is 5.82 Å². The molecule has 1 heterocycles. The first kappa shape index (κ1) is 35.6. The molecule has 1 aromatic heterocycles. The van der Waals surface area contributed by atoms with Crippen LogP contribution in [-0.2, 0) is 21.0 Å². The smallest absolute Gasteiger partial charge is 0.299 e. The summed E-state index contributed by atoms with van der Waals surface area (Å²) in [6.07, 6.45) is 11.4. The minimum absolute atomic E-state index is 0.00430. The highest BCUT2D eigenvalue weighted by molar-refractivity contribution is 7.90. The number of sulfonamides is 1. The van der Waals surface area contributed by atoms with Crippen molar-refractivity contribution in [2.45, 2.75) is 115 Å². The summed E-state index contributed by atoms with van der Waals surface area (Å²) in [6, 6.07) is 10.1. The lowest BCUT2D eigenvalue weighted by Gasteiger charge is -2.11. The van der Waals surface area contributed by atoms with Crippen LogP contribution in [0.3, 0.4) is 0 Å². The molecule has 6 nitrogen and oxygen atoms in total. The average Bonchev–Trinajstić information content (AvgIpc) is 3.41. The van der Waals surface area contributed by atoms with Crippen molar-refractivity contribution < 1.29 is 26.4 Å². The van der Waals surface area contributed by atoms with Gasteiger partial charge in [-0.2, -0.15) is 13.2 Å². The predicted molar refractivity (Wildman–Crippen MR) is 169 cm³/mol. The van der Waals surface area contributed by atoms with Crippen LogP contribution in [0, 0.1) is 6.92 Å².